The number of allylic oxidation sites excluding steroid dienone is 3. The maximum Gasteiger partial charge on any atom is 0.336 e. The molecule has 1 aliphatic carbocycles. The molecule has 0 saturated carbocycles. The largest absolute Gasteiger partial charge is 0.463 e. The predicted octanol–water partition coefficient (Wildman–Crippen LogP) is 4.38. The third-order valence-corrected chi connectivity index (χ3v) is 5.35. The van der Waals surface area contributed by atoms with Crippen molar-refractivity contribution in [3.63, 3.8) is 0 Å². The third-order valence-electron chi connectivity index (χ3n) is 4.62. The second kappa shape index (κ2) is 7.22. The van der Waals surface area contributed by atoms with Gasteiger partial charge in [0.2, 0.25) is 0 Å². The van der Waals surface area contributed by atoms with Crippen LogP contribution in [0.15, 0.2) is 41.2 Å². The lowest BCUT2D eigenvalue weighted by molar-refractivity contribution is -0.139. The van der Waals surface area contributed by atoms with E-state index in [2.05, 4.69) is 5.32 Å². The van der Waals surface area contributed by atoms with E-state index in [0.29, 0.717) is 34.2 Å². The molecule has 0 aromatic heterocycles. The lowest BCUT2D eigenvalue weighted by Crippen LogP contribution is -2.40. The number of ketones is 1. The summed E-state index contributed by atoms with van der Waals surface area (Å²) < 4.78 is 5.25. The molecule has 2 aliphatic rings. The summed E-state index contributed by atoms with van der Waals surface area (Å²) in [6.45, 7) is 3.85. The van der Waals surface area contributed by atoms with Gasteiger partial charge in [-0.3, -0.25) is 4.79 Å². The zero-order valence-corrected chi connectivity index (χ0v) is 15.6. The van der Waals surface area contributed by atoms with E-state index in [4.69, 9.17) is 27.9 Å². The van der Waals surface area contributed by atoms with Crippen molar-refractivity contribution in [2.45, 2.75) is 32.6 Å². The number of Topliss-reactive ketones (excluding diaryl/α,β-unsaturated/α-hetero) is 1. The fourth-order valence-electron chi connectivity index (χ4n) is 3.56. The molecule has 0 radical (unpaired) electrons. The number of benzene rings is 1. The van der Waals surface area contributed by atoms with Crippen molar-refractivity contribution >= 4 is 35.0 Å². The molecule has 2 atom stereocenters. The zero-order valence-electron chi connectivity index (χ0n) is 14.1. The van der Waals surface area contributed by atoms with Crippen LogP contribution >= 0.6 is 23.2 Å². The first kappa shape index (κ1) is 18.0. The number of fused-ring (bicyclic) bond motifs is 1. The van der Waals surface area contributed by atoms with E-state index in [1.165, 1.54) is 0 Å². The van der Waals surface area contributed by atoms with Gasteiger partial charge in [-0.2, -0.15) is 0 Å². The molecule has 0 fully saturated rings. The van der Waals surface area contributed by atoms with Crippen LogP contribution in [0, 0.1) is 5.92 Å². The van der Waals surface area contributed by atoms with Gasteiger partial charge in [0.05, 0.1) is 28.1 Å². The van der Waals surface area contributed by atoms with Crippen molar-refractivity contribution in [2.75, 3.05) is 6.61 Å². The Hall–Kier alpha value is -1.78. The molecule has 0 spiro atoms. The highest BCUT2D eigenvalue weighted by atomic mass is 35.5. The highest BCUT2D eigenvalue weighted by Gasteiger charge is 2.43. The van der Waals surface area contributed by atoms with E-state index in [9.17, 15) is 9.59 Å². The van der Waals surface area contributed by atoms with Gasteiger partial charge in [-0.05, 0) is 38.0 Å². The molecule has 1 heterocycles. The molecule has 1 aromatic rings. The molecular formula is C19H19Cl2NO3. The molecular weight excluding hydrogens is 361 g/mol. The number of nitrogens with one attached hydrogen (secondary N) is 1. The van der Waals surface area contributed by atoms with Crippen LogP contribution in [0.25, 0.3) is 0 Å². The average Bonchev–Trinajstić information content (AvgIpc) is 2.56. The van der Waals surface area contributed by atoms with Crippen molar-refractivity contribution in [1.82, 2.24) is 5.32 Å². The number of halogens is 2. The molecule has 25 heavy (non-hydrogen) atoms. The van der Waals surface area contributed by atoms with Gasteiger partial charge in [0.25, 0.3) is 0 Å². The van der Waals surface area contributed by atoms with E-state index in [1.54, 1.807) is 19.1 Å². The summed E-state index contributed by atoms with van der Waals surface area (Å²) in [7, 11) is 0. The lowest BCUT2D eigenvalue weighted by atomic mass is 9.71. The summed E-state index contributed by atoms with van der Waals surface area (Å²) in [6.07, 6.45) is 3.19. The Labute approximate surface area is 156 Å². The van der Waals surface area contributed by atoms with Crippen molar-refractivity contribution in [3.05, 3.63) is 56.9 Å². The minimum Gasteiger partial charge on any atom is -0.463 e. The Morgan fingerprint density at radius 3 is 2.72 bits per heavy atom. The predicted molar refractivity (Wildman–Crippen MR) is 97.5 cm³/mol. The Balaban J connectivity index is 2.18. The number of rotatable bonds is 3. The van der Waals surface area contributed by atoms with Crippen molar-refractivity contribution < 1.29 is 14.3 Å². The van der Waals surface area contributed by atoms with E-state index >= 15 is 0 Å². The fourth-order valence-corrected chi connectivity index (χ4v) is 3.86. The molecule has 6 heteroatoms. The van der Waals surface area contributed by atoms with Crippen LogP contribution in [0.3, 0.4) is 0 Å². The second-order valence-electron chi connectivity index (χ2n) is 6.18. The smallest absolute Gasteiger partial charge is 0.336 e. The summed E-state index contributed by atoms with van der Waals surface area (Å²) in [5, 5.41) is 4.05. The van der Waals surface area contributed by atoms with E-state index < -0.39 is 17.8 Å². The Morgan fingerprint density at radius 1 is 1.28 bits per heavy atom. The van der Waals surface area contributed by atoms with Crippen LogP contribution in [0.4, 0.5) is 0 Å². The second-order valence-corrected chi connectivity index (χ2v) is 6.99. The number of carbonyl (C=O) groups excluding carboxylic acids is 2. The molecule has 4 nitrogen and oxygen atoms in total. The SMILES string of the molecule is CCOC(=O)C1=C(C)NC2=CCCC(=O)C2C1c1ccc(Cl)c(Cl)c1. The number of esters is 1. The quantitative estimate of drug-likeness (QED) is 0.791. The number of carbonyl (C=O) groups is 2. The summed E-state index contributed by atoms with van der Waals surface area (Å²) in [4.78, 5) is 25.3. The minimum atomic E-state index is -0.436. The van der Waals surface area contributed by atoms with Crippen LogP contribution in [-0.4, -0.2) is 18.4 Å². The first-order chi connectivity index (χ1) is 11.9. The normalized spacial score (nSPS) is 22.9. The average molecular weight is 380 g/mol. The van der Waals surface area contributed by atoms with Gasteiger partial charge in [-0.1, -0.05) is 35.3 Å². The van der Waals surface area contributed by atoms with E-state index in [-0.39, 0.29) is 12.4 Å². The molecule has 0 bridgehead atoms. The molecule has 0 saturated heterocycles. The van der Waals surface area contributed by atoms with Gasteiger partial charge in [-0.25, -0.2) is 4.79 Å². The fraction of sp³-hybridized carbons (Fsp3) is 0.368. The first-order valence-electron chi connectivity index (χ1n) is 8.26. The maximum atomic E-state index is 12.7. The molecule has 1 aromatic carbocycles. The molecule has 2 unspecified atom stereocenters. The zero-order chi connectivity index (χ0) is 18.1. The van der Waals surface area contributed by atoms with Crippen LogP contribution in [0.5, 0.6) is 0 Å². The highest BCUT2D eigenvalue weighted by Crippen LogP contribution is 2.44. The van der Waals surface area contributed by atoms with Gasteiger partial charge in [-0.15, -0.1) is 0 Å². The van der Waals surface area contributed by atoms with Gasteiger partial charge in [0.1, 0.15) is 5.78 Å². The van der Waals surface area contributed by atoms with Crippen LogP contribution in [-0.2, 0) is 14.3 Å². The van der Waals surface area contributed by atoms with Gasteiger partial charge in [0.15, 0.2) is 0 Å². The molecule has 0 amide bonds. The van der Waals surface area contributed by atoms with Crippen LogP contribution in [0.1, 0.15) is 38.2 Å². The standard InChI is InChI=1S/C19H19Cl2NO3/c1-3-25-19(24)16-10(2)22-14-5-4-6-15(23)18(14)17(16)11-7-8-12(20)13(21)9-11/h5,7-9,17-18,22H,3-4,6H2,1-2H3. The maximum absolute atomic E-state index is 12.7. The van der Waals surface area contributed by atoms with Gasteiger partial charge >= 0.3 is 5.97 Å². The van der Waals surface area contributed by atoms with Crippen LogP contribution < -0.4 is 5.32 Å². The van der Waals surface area contributed by atoms with Gasteiger partial charge < -0.3 is 10.1 Å². The minimum absolute atomic E-state index is 0.107. The van der Waals surface area contributed by atoms with E-state index in [1.807, 2.05) is 19.1 Å². The lowest BCUT2D eigenvalue weighted by Gasteiger charge is -2.38. The highest BCUT2D eigenvalue weighted by molar-refractivity contribution is 6.42. The van der Waals surface area contributed by atoms with Gasteiger partial charge in [0, 0.05) is 23.7 Å². The molecule has 1 aliphatic heterocycles. The first-order valence-corrected chi connectivity index (χ1v) is 9.02. The monoisotopic (exact) mass is 379 g/mol. The number of ether oxygens (including phenoxy) is 1. The number of hydrogen-bond acceptors (Lipinski definition) is 4. The van der Waals surface area contributed by atoms with Crippen molar-refractivity contribution in [3.8, 4) is 0 Å². The Bertz CT molecular complexity index is 798. The Kier molecular flexibility index (Phi) is 5.21. The topological polar surface area (TPSA) is 55.4 Å². The summed E-state index contributed by atoms with van der Waals surface area (Å²) in [5.74, 6) is -1.18. The Morgan fingerprint density at radius 2 is 2.04 bits per heavy atom. The summed E-state index contributed by atoms with van der Waals surface area (Å²) in [5.41, 5.74) is 2.80. The van der Waals surface area contributed by atoms with E-state index in [0.717, 1.165) is 11.3 Å². The van der Waals surface area contributed by atoms with Crippen LogP contribution in [0.2, 0.25) is 10.0 Å². The van der Waals surface area contributed by atoms with Crippen molar-refractivity contribution in [1.29, 1.82) is 0 Å². The number of hydrogen-bond donors (Lipinski definition) is 1. The molecule has 1 N–H and O–H groups in total. The molecule has 3 rings (SSSR count). The third kappa shape index (κ3) is 3.33. The summed E-state index contributed by atoms with van der Waals surface area (Å²) in [6, 6.07) is 5.23. The van der Waals surface area contributed by atoms with Crippen molar-refractivity contribution in [2.24, 2.45) is 5.92 Å². The summed E-state index contributed by atoms with van der Waals surface area (Å²) >= 11 is 12.2. The molecule has 132 valence electrons.